The van der Waals surface area contributed by atoms with Gasteiger partial charge in [-0.2, -0.15) is 0 Å². The highest BCUT2D eigenvalue weighted by atomic mass is 16.4. The van der Waals surface area contributed by atoms with Gasteiger partial charge in [-0.05, 0) is 44.0 Å². The first-order valence-electron chi connectivity index (χ1n) is 9.22. The van der Waals surface area contributed by atoms with Crippen LogP contribution in [0.15, 0.2) is 30.5 Å². The highest BCUT2D eigenvalue weighted by Gasteiger charge is 2.28. The molecule has 1 aliphatic heterocycles. The minimum atomic E-state index is -0.817. The monoisotopic (exact) mass is 371 g/mol. The molecule has 8 nitrogen and oxygen atoms in total. The summed E-state index contributed by atoms with van der Waals surface area (Å²) in [5.74, 6) is -0.947. The van der Waals surface area contributed by atoms with E-state index in [2.05, 4.69) is 10.3 Å². The Morgan fingerprint density at radius 3 is 2.67 bits per heavy atom. The number of carboxylic acids is 1. The first-order chi connectivity index (χ1) is 13.0. The van der Waals surface area contributed by atoms with Crippen LogP contribution in [0.4, 0.5) is 0 Å². The van der Waals surface area contributed by atoms with Crippen molar-refractivity contribution in [3.05, 3.63) is 41.7 Å². The standard InChI is InChI=1S/C19H25N5O3/c1-3-22(13-18(25)26)15-7-9-23(10-8-15)19(27)17-12-24(21-20-17)16-6-4-5-14(2)11-16/h4-6,11-12,15H,3,7-10,13H2,1-2H3,(H,25,26). The maximum Gasteiger partial charge on any atom is 0.317 e. The number of rotatable bonds is 6. The van der Waals surface area contributed by atoms with Gasteiger partial charge in [0.15, 0.2) is 5.69 Å². The minimum absolute atomic E-state index is 0.0416. The lowest BCUT2D eigenvalue weighted by Gasteiger charge is -2.37. The summed E-state index contributed by atoms with van der Waals surface area (Å²) in [6.45, 7) is 5.88. The lowest BCUT2D eigenvalue weighted by atomic mass is 10.0. The zero-order chi connectivity index (χ0) is 19.4. The molecule has 1 saturated heterocycles. The van der Waals surface area contributed by atoms with Crippen molar-refractivity contribution in [3.63, 3.8) is 0 Å². The van der Waals surface area contributed by atoms with Gasteiger partial charge in [-0.3, -0.25) is 14.5 Å². The molecule has 0 atom stereocenters. The van der Waals surface area contributed by atoms with E-state index < -0.39 is 5.97 Å². The number of aliphatic carboxylic acids is 1. The first-order valence-corrected chi connectivity index (χ1v) is 9.22. The quantitative estimate of drug-likeness (QED) is 0.829. The van der Waals surface area contributed by atoms with Crippen molar-refractivity contribution >= 4 is 11.9 Å². The minimum Gasteiger partial charge on any atom is -0.480 e. The number of likely N-dealkylation sites (tertiary alicyclic amines) is 1. The van der Waals surface area contributed by atoms with Crippen molar-refractivity contribution in [1.29, 1.82) is 0 Å². The molecule has 0 unspecified atom stereocenters. The van der Waals surface area contributed by atoms with Gasteiger partial charge in [0.1, 0.15) is 0 Å². The third-order valence-corrected chi connectivity index (χ3v) is 4.99. The second kappa shape index (κ2) is 8.30. The Morgan fingerprint density at radius 2 is 2.04 bits per heavy atom. The molecule has 1 N–H and O–H groups in total. The summed E-state index contributed by atoms with van der Waals surface area (Å²) in [6, 6.07) is 8.04. The molecule has 0 saturated carbocycles. The molecule has 0 aliphatic carbocycles. The van der Waals surface area contributed by atoms with Gasteiger partial charge in [0.05, 0.1) is 18.4 Å². The van der Waals surface area contributed by atoms with E-state index in [1.807, 2.05) is 43.0 Å². The number of likely N-dealkylation sites (N-methyl/N-ethyl adjacent to an activating group) is 1. The van der Waals surface area contributed by atoms with E-state index in [0.29, 0.717) is 25.3 Å². The molecule has 2 aromatic rings. The molecular formula is C19H25N5O3. The van der Waals surface area contributed by atoms with Crippen molar-refractivity contribution in [2.45, 2.75) is 32.7 Å². The summed E-state index contributed by atoms with van der Waals surface area (Å²) >= 11 is 0. The number of amides is 1. The molecule has 1 amide bonds. The van der Waals surface area contributed by atoms with E-state index in [9.17, 15) is 9.59 Å². The van der Waals surface area contributed by atoms with Crippen LogP contribution in [0, 0.1) is 6.92 Å². The maximum absolute atomic E-state index is 12.7. The molecule has 0 radical (unpaired) electrons. The smallest absolute Gasteiger partial charge is 0.317 e. The third-order valence-electron chi connectivity index (χ3n) is 4.99. The Bertz CT molecular complexity index is 811. The number of hydrogen-bond donors (Lipinski definition) is 1. The average Bonchev–Trinajstić information content (AvgIpc) is 3.16. The number of carbonyl (C=O) groups excluding carboxylic acids is 1. The number of carboxylic acid groups (broad SMARTS) is 1. The van der Waals surface area contributed by atoms with Gasteiger partial charge in [-0.15, -0.1) is 5.10 Å². The molecule has 1 aromatic heterocycles. The van der Waals surface area contributed by atoms with E-state index in [1.54, 1.807) is 15.8 Å². The summed E-state index contributed by atoms with van der Waals surface area (Å²) in [4.78, 5) is 27.5. The third kappa shape index (κ3) is 4.51. The van der Waals surface area contributed by atoms with Crippen molar-refractivity contribution in [2.75, 3.05) is 26.2 Å². The van der Waals surface area contributed by atoms with Crippen LogP contribution in [0.1, 0.15) is 35.8 Å². The van der Waals surface area contributed by atoms with Gasteiger partial charge >= 0.3 is 5.97 Å². The van der Waals surface area contributed by atoms with E-state index in [-0.39, 0.29) is 18.5 Å². The SMILES string of the molecule is CCN(CC(=O)O)C1CCN(C(=O)c2cn(-c3cccc(C)c3)nn2)CC1. The van der Waals surface area contributed by atoms with Gasteiger partial charge < -0.3 is 10.0 Å². The van der Waals surface area contributed by atoms with E-state index in [1.165, 1.54) is 0 Å². The number of aromatic nitrogens is 3. The summed E-state index contributed by atoms with van der Waals surface area (Å²) in [6.07, 6.45) is 3.18. The van der Waals surface area contributed by atoms with Crippen LogP contribution in [0.25, 0.3) is 5.69 Å². The van der Waals surface area contributed by atoms with Gasteiger partial charge in [0, 0.05) is 19.1 Å². The molecule has 1 fully saturated rings. The maximum atomic E-state index is 12.7. The lowest BCUT2D eigenvalue weighted by Crippen LogP contribution is -2.48. The Morgan fingerprint density at radius 1 is 1.30 bits per heavy atom. The molecule has 0 spiro atoms. The average molecular weight is 371 g/mol. The summed E-state index contributed by atoms with van der Waals surface area (Å²) in [5.41, 5.74) is 2.31. The number of piperidine rings is 1. The van der Waals surface area contributed by atoms with E-state index in [4.69, 9.17) is 5.11 Å². The topological polar surface area (TPSA) is 91.6 Å². The summed E-state index contributed by atoms with van der Waals surface area (Å²) in [5, 5.41) is 17.1. The second-order valence-electron chi connectivity index (χ2n) is 6.87. The summed E-state index contributed by atoms with van der Waals surface area (Å²) in [7, 11) is 0. The molecule has 27 heavy (non-hydrogen) atoms. The second-order valence-corrected chi connectivity index (χ2v) is 6.87. The molecule has 8 heteroatoms. The first kappa shape index (κ1) is 19.0. The van der Waals surface area contributed by atoms with Crippen molar-refractivity contribution in [1.82, 2.24) is 24.8 Å². The van der Waals surface area contributed by atoms with Crippen molar-refractivity contribution in [2.24, 2.45) is 0 Å². The number of benzene rings is 1. The molecule has 0 bridgehead atoms. The molecule has 1 aromatic carbocycles. The Hall–Kier alpha value is -2.74. The van der Waals surface area contributed by atoms with Crippen molar-refractivity contribution < 1.29 is 14.7 Å². The van der Waals surface area contributed by atoms with Crippen LogP contribution in [0.5, 0.6) is 0 Å². The largest absolute Gasteiger partial charge is 0.480 e. The lowest BCUT2D eigenvalue weighted by molar-refractivity contribution is -0.139. The molecule has 1 aliphatic rings. The number of nitrogens with zero attached hydrogens (tertiary/aromatic N) is 5. The normalized spacial score (nSPS) is 15.3. The highest BCUT2D eigenvalue weighted by Crippen LogP contribution is 2.18. The van der Waals surface area contributed by atoms with Crippen molar-refractivity contribution in [3.8, 4) is 5.69 Å². The summed E-state index contributed by atoms with van der Waals surface area (Å²) < 4.78 is 1.61. The van der Waals surface area contributed by atoms with Gasteiger partial charge in [0.25, 0.3) is 5.91 Å². The van der Waals surface area contributed by atoms with E-state index >= 15 is 0 Å². The van der Waals surface area contributed by atoms with E-state index in [0.717, 1.165) is 24.1 Å². The molecule has 2 heterocycles. The highest BCUT2D eigenvalue weighted by molar-refractivity contribution is 5.92. The fourth-order valence-corrected chi connectivity index (χ4v) is 3.53. The van der Waals surface area contributed by atoms with Crippen LogP contribution in [0.3, 0.4) is 0 Å². The zero-order valence-corrected chi connectivity index (χ0v) is 15.7. The predicted molar refractivity (Wildman–Crippen MR) is 99.9 cm³/mol. The van der Waals surface area contributed by atoms with Gasteiger partial charge in [0.2, 0.25) is 0 Å². The Labute approximate surface area is 158 Å². The number of carbonyl (C=O) groups is 2. The molecular weight excluding hydrogens is 346 g/mol. The Kier molecular flexibility index (Phi) is 5.85. The van der Waals surface area contributed by atoms with Crippen LogP contribution in [-0.4, -0.2) is 74.0 Å². The van der Waals surface area contributed by atoms with Crippen LogP contribution < -0.4 is 0 Å². The fourth-order valence-electron chi connectivity index (χ4n) is 3.53. The van der Waals surface area contributed by atoms with Gasteiger partial charge in [-0.1, -0.05) is 24.3 Å². The number of hydrogen-bond acceptors (Lipinski definition) is 5. The number of aryl methyl sites for hydroxylation is 1. The predicted octanol–water partition coefficient (Wildman–Crippen LogP) is 1.59. The van der Waals surface area contributed by atoms with Crippen LogP contribution >= 0.6 is 0 Å². The van der Waals surface area contributed by atoms with Gasteiger partial charge in [-0.25, -0.2) is 4.68 Å². The van der Waals surface area contributed by atoms with Crippen LogP contribution in [-0.2, 0) is 4.79 Å². The fraction of sp³-hybridized carbons (Fsp3) is 0.474. The zero-order valence-electron chi connectivity index (χ0n) is 15.7. The molecule has 144 valence electrons. The van der Waals surface area contributed by atoms with Crippen LogP contribution in [0.2, 0.25) is 0 Å². The Balaban J connectivity index is 1.62. The molecule has 3 rings (SSSR count).